The molecule has 0 aromatic heterocycles. The van der Waals surface area contributed by atoms with Crippen molar-refractivity contribution < 1.29 is 9.53 Å². The smallest absolute Gasteiger partial charge is 0.321 e. The highest BCUT2D eigenvalue weighted by atomic mass is 16.5. The molecule has 1 spiro atoms. The lowest BCUT2D eigenvalue weighted by molar-refractivity contribution is 0.0229. The lowest BCUT2D eigenvalue weighted by atomic mass is 9.68. The van der Waals surface area contributed by atoms with Crippen molar-refractivity contribution in [3.8, 4) is 5.75 Å². The zero-order valence-corrected chi connectivity index (χ0v) is 19.8. The lowest BCUT2D eigenvalue weighted by Gasteiger charge is -2.51. The minimum absolute atomic E-state index is 0.0181. The predicted octanol–water partition coefficient (Wildman–Crippen LogP) is 3.88. The normalized spacial score (nSPS) is 25.7. The minimum Gasteiger partial charge on any atom is -0.497 e. The van der Waals surface area contributed by atoms with Crippen molar-refractivity contribution >= 4 is 6.03 Å². The third kappa shape index (κ3) is 3.97. The summed E-state index contributed by atoms with van der Waals surface area (Å²) >= 11 is 0. The second-order valence-corrected chi connectivity index (χ2v) is 9.44. The number of hydrogen-bond acceptors (Lipinski definition) is 4. The Hall–Kier alpha value is -2.57. The van der Waals surface area contributed by atoms with Gasteiger partial charge in [-0.15, -0.1) is 0 Å². The molecule has 0 unspecified atom stereocenters. The third-order valence-electron chi connectivity index (χ3n) is 7.58. The van der Waals surface area contributed by atoms with Gasteiger partial charge in [-0.1, -0.05) is 42.5 Å². The Labute approximate surface area is 192 Å². The number of rotatable bonds is 7. The Morgan fingerprint density at radius 3 is 2.22 bits per heavy atom. The standard InChI is InChI=1S/C26H36N4O2/c1-27-20-30-24(31)29(18-21-10-12-23(32-4)13-11-21)19-25(30)14-16-26(17-15-25,28(2)3)22-8-6-5-7-9-22/h5-13,27H,14-20H2,1-4H3. The van der Waals surface area contributed by atoms with Crippen molar-refractivity contribution in [1.82, 2.24) is 20.0 Å². The Balaban J connectivity index is 1.55. The van der Waals surface area contributed by atoms with Gasteiger partial charge in [-0.3, -0.25) is 4.90 Å². The molecular weight excluding hydrogens is 400 g/mol. The van der Waals surface area contributed by atoms with E-state index in [0.717, 1.165) is 43.5 Å². The van der Waals surface area contributed by atoms with Crippen LogP contribution in [-0.2, 0) is 12.1 Å². The fourth-order valence-corrected chi connectivity index (χ4v) is 5.65. The highest BCUT2D eigenvalue weighted by molar-refractivity contribution is 5.78. The third-order valence-corrected chi connectivity index (χ3v) is 7.58. The number of urea groups is 1. The molecule has 2 fully saturated rings. The van der Waals surface area contributed by atoms with Crippen LogP contribution in [0.4, 0.5) is 4.79 Å². The highest BCUT2D eigenvalue weighted by Gasteiger charge is 2.54. The fraction of sp³-hybridized carbons (Fsp3) is 0.500. The van der Waals surface area contributed by atoms with Gasteiger partial charge in [-0.05, 0) is 70.1 Å². The molecule has 1 aliphatic carbocycles. The number of benzene rings is 2. The maximum atomic E-state index is 13.4. The van der Waals surface area contributed by atoms with Gasteiger partial charge in [0.25, 0.3) is 0 Å². The number of carbonyl (C=O) groups is 1. The van der Waals surface area contributed by atoms with Gasteiger partial charge in [-0.25, -0.2) is 4.79 Å². The van der Waals surface area contributed by atoms with Crippen LogP contribution in [0.15, 0.2) is 54.6 Å². The molecule has 2 amide bonds. The molecule has 2 aliphatic rings. The topological polar surface area (TPSA) is 48.1 Å². The second-order valence-electron chi connectivity index (χ2n) is 9.44. The van der Waals surface area contributed by atoms with E-state index in [1.807, 2.05) is 36.2 Å². The first kappa shape index (κ1) is 22.6. The quantitative estimate of drug-likeness (QED) is 0.716. The monoisotopic (exact) mass is 436 g/mol. The van der Waals surface area contributed by atoms with E-state index in [1.165, 1.54) is 5.56 Å². The summed E-state index contributed by atoms with van der Waals surface area (Å²) in [5, 5.41) is 3.24. The van der Waals surface area contributed by atoms with Crippen LogP contribution in [0.3, 0.4) is 0 Å². The van der Waals surface area contributed by atoms with Gasteiger partial charge in [0.2, 0.25) is 0 Å². The van der Waals surface area contributed by atoms with Crippen LogP contribution in [0.5, 0.6) is 5.75 Å². The summed E-state index contributed by atoms with van der Waals surface area (Å²) < 4.78 is 5.27. The molecular formula is C26H36N4O2. The Bertz CT molecular complexity index is 905. The van der Waals surface area contributed by atoms with Crippen LogP contribution in [0.2, 0.25) is 0 Å². The van der Waals surface area contributed by atoms with Crippen LogP contribution in [0.25, 0.3) is 0 Å². The number of ether oxygens (including phenoxy) is 1. The zero-order valence-electron chi connectivity index (χ0n) is 19.8. The summed E-state index contributed by atoms with van der Waals surface area (Å²) in [5.74, 6) is 0.836. The number of nitrogens with zero attached hydrogens (tertiary/aromatic N) is 3. The number of hydrogen-bond donors (Lipinski definition) is 1. The number of nitrogens with one attached hydrogen (secondary N) is 1. The van der Waals surface area contributed by atoms with Gasteiger partial charge in [-0.2, -0.15) is 0 Å². The van der Waals surface area contributed by atoms with Gasteiger partial charge in [0.1, 0.15) is 5.75 Å². The molecule has 1 heterocycles. The van der Waals surface area contributed by atoms with Crippen LogP contribution >= 0.6 is 0 Å². The van der Waals surface area contributed by atoms with Crippen molar-refractivity contribution in [3.05, 3.63) is 65.7 Å². The fourth-order valence-electron chi connectivity index (χ4n) is 5.65. The lowest BCUT2D eigenvalue weighted by Crippen LogP contribution is -2.56. The molecule has 2 aromatic carbocycles. The molecule has 172 valence electrons. The van der Waals surface area contributed by atoms with Crippen molar-refractivity contribution in [2.24, 2.45) is 0 Å². The van der Waals surface area contributed by atoms with E-state index < -0.39 is 0 Å². The Morgan fingerprint density at radius 2 is 1.66 bits per heavy atom. The molecule has 6 nitrogen and oxygen atoms in total. The van der Waals surface area contributed by atoms with Gasteiger partial charge in [0.05, 0.1) is 19.3 Å². The summed E-state index contributed by atoms with van der Waals surface area (Å²) in [6.07, 6.45) is 4.06. The predicted molar refractivity (Wildman–Crippen MR) is 128 cm³/mol. The molecule has 6 heteroatoms. The minimum atomic E-state index is -0.124. The summed E-state index contributed by atoms with van der Waals surface area (Å²) in [6, 6.07) is 19.0. The Morgan fingerprint density at radius 1 is 1.00 bits per heavy atom. The number of carbonyl (C=O) groups excluding carboxylic acids is 1. The summed E-state index contributed by atoms with van der Waals surface area (Å²) in [7, 11) is 7.97. The van der Waals surface area contributed by atoms with Gasteiger partial charge in [0.15, 0.2) is 0 Å². The molecule has 1 aliphatic heterocycles. The molecule has 0 bridgehead atoms. The van der Waals surface area contributed by atoms with Crippen molar-refractivity contribution in [3.63, 3.8) is 0 Å². The average Bonchev–Trinajstić information content (AvgIpc) is 3.06. The van der Waals surface area contributed by atoms with Crippen LogP contribution in [0.1, 0.15) is 36.8 Å². The average molecular weight is 437 g/mol. The van der Waals surface area contributed by atoms with Gasteiger partial charge in [0, 0.05) is 18.6 Å². The maximum absolute atomic E-state index is 13.4. The molecule has 0 atom stereocenters. The van der Waals surface area contributed by atoms with E-state index in [1.54, 1.807) is 7.11 Å². The molecule has 2 aromatic rings. The van der Waals surface area contributed by atoms with Crippen molar-refractivity contribution in [1.29, 1.82) is 0 Å². The molecule has 32 heavy (non-hydrogen) atoms. The maximum Gasteiger partial charge on any atom is 0.321 e. The van der Waals surface area contributed by atoms with Gasteiger partial charge < -0.3 is 19.9 Å². The van der Waals surface area contributed by atoms with Gasteiger partial charge >= 0.3 is 6.03 Å². The molecule has 4 rings (SSSR count). The van der Waals surface area contributed by atoms with E-state index in [4.69, 9.17) is 4.74 Å². The molecule has 0 radical (unpaired) electrons. The van der Waals surface area contributed by atoms with Crippen LogP contribution < -0.4 is 10.1 Å². The van der Waals surface area contributed by atoms with E-state index in [0.29, 0.717) is 13.2 Å². The Kier molecular flexibility index (Phi) is 6.45. The van der Waals surface area contributed by atoms with E-state index in [-0.39, 0.29) is 17.1 Å². The first-order chi connectivity index (χ1) is 15.4. The molecule has 1 N–H and O–H groups in total. The first-order valence-electron chi connectivity index (χ1n) is 11.5. The first-order valence-corrected chi connectivity index (χ1v) is 11.5. The SMILES string of the molecule is CNCN1C(=O)N(Cc2ccc(OC)cc2)CC12CCC(c1ccccc1)(N(C)C)CC2. The van der Waals surface area contributed by atoms with E-state index >= 15 is 0 Å². The second kappa shape index (κ2) is 9.12. The zero-order chi connectivity index (χ0) is 22.8. The number of methoxy groups -OCH3 is 1. The molecule has 1 saturated heterocycles. The summed E-state index contributed by atoms with van der Waals surface area (Å²) in [5.41, 5.74) is 2.40. The number of amides is 2. The van der Waals surface area contributed by atoms with E-state index in [2.05, 4.69) is 59.5 Å². The van der Waals surface area contributed by atoms with Crippen LogP contribution in [0, 0.1) is 0 Å². The highest BCUT2D eigenvalue weighted by Crippen LogP contribution is 2.48. The van der Waals surface area contributed by atoms with Crippen molar-refractivity contribution in [2.75, 3.05) is 41.5 Å². The summed E-state index contributed by atoms with van der Waals surface area (Å²) in [6.45, 7) is 1.98. The van der Waals surface area contributed by atoms with Crippen molar-refractivity contribution in [2.45, 2.75) is 43.3 Å². The van der Waals surface area contributed by atoms with E-state index in [9.17, 15) is 4.79 Å². The molecule has 1 saturated carbocycles. The largest absolute Gasteiger partial charge is 0.497 e. The van der Waals surface area contributed by atoms with Crippen LogP contribution in [-0.4, -0.2) is 67.7 Å². The summed E-state index contributed by atoms with van der Waals surface area (Å²) in [4.78, 5) is 19.9.